The van der Waals surface area contributed by atoms with Crippen LogP contribution in [0.25, 0.3) is 11.0 Å². The molecule has 0 aliphatic carbocycles. The van der Waals surface area contributed by atoms with E-state index in [1.54, 1.807) is 6.26 Å². The molecular formula is C15H10F3NO. The molecule has 5 heteroatoms. The number of halogens is 3. The van der Waals surface area contributed by atoms with Gasteiger partial charge in [-0.15, -0.1) is 0 Å². The fourth-order valence-electron chi connectivity index (χ4n) is 2.02. The van der Waals surface area contributed by atoms with Gasteiger partial charge in [0.1, 0.15) is 5.58 Å². The van der Waals surface area contributed by atoms with Crippen LogP contribution in [0.1, 0.15) is 5.56 Å². The van der Waals surface area contributed by atoms with Crippen LogP contribution in [0.4, 0.5) is 18.9 Å². The van der Waals surface area contributed by atoms with Crippen LogP contribution in [0.15, 0.2) is 47.1 Å². The lowest BCUT2D eigenvalue weighted by Gasteiger charge is -2.06. The predicted molar refractivity (Wildman–Crippen MR) is 69.9 cm³/mol. The first-order valence-corrected chi connectivity index (χ1v) is 5.98. The number of anilines is 1. The van der Waals surface area contributed by atoms with Crippen LogP contribution in [0.3, 0.4) is 0 Å². The quantitative estimate of drug-likeness (QED) is 0.715. The summed E-state index contributed by atoms with van der Waals surface area (Å²) in [7, 11) is 0. The number of benzene rings is 2. The van der Waals surface area contributed by atoms with Crippen molar-refractivity contribution in [2.24, 2.45) is 0 Å². The van der Waals surface area contributed by atoms with Crippen LogP contribution in [0.5, 0.6) is 0 Å². The van der Waals surface area contributed by atoms with Crippen molar-refractivity contribution in [2.45, 2.75) is 6.54 Å². The van der Waals surface area contributed by atoms with Crippen molar-refractivity contribution in [2.75, 3.05) is 5.32 Å². The van der Waals surface area contributed by atoms with Gasteiger partial charge in [0.2, 0.25) is 0 Å². The Kier molecular flexibility index (Phi) is 3.10. The minimum Gasteiger partial charge on any atom is -0.464 e. The average Bonchev–Trinajstić information content (AvgIpc) is 2.85. The normalized spacial score (nSPS) is 10.9. The molecule has 1 aromatic heterocycles. The van der Waals surface area contributed by atoms with Crippen LogP contribution in [0.2, 0.25) is 0 Å². The molecule has 1 heterocycles. The van der Waals surface area contributed by atoms with Crippen molar-refractivity contribution < 1.29 is 17.6 Å². The molecule has 2 nitrogen and oxygen atoms in total. The molecule has 0 bridgehead atoms. The first-order chi connectivity index (χ1) is 9.65. The fourth-order valence-corrected chi connectivity index (χ4v) is 2.02. The molecule has 0 radical (unpaired) electrons. The lowest BCUT2D eigenvalue weighted by atomic mass is 10.2. The summed E-state index contributed by atoms with van der Waals surface area (Å²) in [6.45, 7) is 0.321. The summed E-state index contributed by atoms with van der Waals surface area (Å²) in [5.74, 6) is -3.90. The molecular weight excluding hydrogens is 267 g/mol. The van der Waals surface area contributed by atoms with Gasteiger partial charge >= 0.3 is 0 Å². The van der Waals surface area contributed by atoms with Crippen molar-refractivity contribution in [3.8, 4) is 0 Å². The Morgan fingerprint density at radius 3 is 2.45 bits per heavy atom. The van der Waals surface area contributed by atoms with Crippen molar-refractivity contribution in [3.05, 3.63) is 65.7 Å². The van der Waals surface area contributed by atoms with Crippen LogP contribution in [-0.2, 0) is 6.54 Å². The molecule has 2 aromatic carbocycles. The number of para-hydroxylation sites is 1. The summed E-state index contributed by atoms with van der Waals surface area (Å²) >= 11 is 0. The van der Waals surface area contributed by atoms with Crippen LogP contribution in [-0.4, -0.2) is 0 Å². The van der Waals surface area contributed by atoms with Gasteiger partial charge in [0, 0.05) is 35.3 Å². The third kappa shape index (κ3) is 2.22. The Morgan fingerprint density at radius 1 is 1.00 bits per heavy atom. The number of fused-ring (bicyclic) bond motifs is 1. The van der Waals surface area contributed by atoms with E-state index in [4.69, 9.17) is 4.42 Å². The minimum absolute atomic E-state index is 0.173. The van der Waals surface area contributed by atoms with E-state index in [9.17, 15) is 13.2 Å². The number of hydrogen-bond donors (Lipinski definition) is 1. The van der Waals surface area contributed by atoms with Crippen molar-refractivity contribution in [3.63, 3.8) is 0 Å². The summed E-state index contributed by atoms with van der Waals surface area (Å²) in [6.07, 6.45) is 1.58. The zero-order valence-corrected chi connectivity index (χ0v) is 10.3. The van der Waals surface area contributed by atoms with Gasteiger partial charge in [0.25, 0.3) is 0 Å². The van der Waals surface area contributed by atoms with Gasteiger partial charge in [-0.2, -0.15) is 0 Å². The zero-order chi connectivity index (χ0) is 14.1. The second kappa shape index (κ2) is 4.92. The molecule has 102 valence electrons. The number of rotatable bonds is 3. The molecule has 0 unspecified atom stereocenters. The number of furan rings is 1. The number of hydrogen-bond acceptors (Lipinski definition) is 2. The number of nitrogens with one attached hydrogen (secondary N) is 1. The maximum absolute atomic E-state index is 13.1. The Hall–Kier alpha value is -2.43. The van der Waals surface area contributed by atoms with Crippen molar-refractivity contribution in [1.29, 1.82) is 0 Å². The largest absolute Gasteiger partial charge is 0.464 e. The Labute approximate surface area is 112 Å². The van der Waals surface area contributed by atoms with Crippen molar-refractivity contribution >= 4 is 16.7 Å². The van der Waals surface area contributed by atoms with E-state index >= 15 is 0 Å². The second-order valence-corrected chi connectivity index (χ2v) is 4.36. The maximum Gasteiger partial charge on any atom is 0.194 e. The molecule has 3 aromatic rings. The fraction of sp³-hybridized carbons (Fsp3) is 0.0667. The molecule has 20 heavy (non-hydrogen) atoms. The average molecular weight is 277 g/mol. The van der Waals surface area contributed by atoms with E-state index in [0.29, 0.717) is 6.54 Å². The first kappa shape index (κ1) is 12.6. The lowest BCUT2D eigenvalue weighted by molar-refractivity contribution is 0.447. The molecule has 0 saturated heterocycles. The summed E-state index contributed by atoms with van der Waals surface area (Å²) < 4.78 is 44.4. The van der Waals surface area contributed by atoms with Gasteiger partial charge in [-0.3, -0.25) is 0 Å². The minimum atomic E-state index is -1.47. The van der Waals surface area contributed by atoms with Crippen LogP contribution < -0.4 is 5.32 Å². The zero-order valence-electron chi connectivity index (χ0n) is 10.3. The second-order valence-electron chi connectivity index (χ2n) is 4.36. The molecule has 0 saturated carbocycles. The summed E-state index contributed by atoms with van der Waals surface area (Å²) in [4.78, 5) is 0. The van der Waals surface area contributed by atoms with Gasteiger partial charge in [0.15, 0.2) is 17.5 Å². The van der Waals surface area contributed by atoms with E-state index in [2.05, 4.69) is 5.32 Å². The van der Waals surface area contributed by atoms with E-state index in [1.165, 1.54) is 0 Å². The molecule has 0 fully saturated rings. The highest BCUT2D eigenvalue weighted by Crippen LogP contribution is 2.23. The highest BCUT2D eigenvalue weighted by Gasteiger charge is 2.11. The van der Waals surface area contributed by atoms with Crippen LogP contribution in [0, 0.1) is 17.5 Å². The van der Waals surface area contributed by atoms with Gasteiger partial charge in [0.05, 0.1) is 6.26 Å². The highest BCUT2D eigenvalue weighted by molar-refractivity contribution is 5.81. The van der Waals surface area contributed by atoms with Crippen molar-refractivity contribution in [1.82, 2.24) is 0 Å². The molecule has 0 atom stereocenters. The van der Waals surface area contributed by atoms with Gasteiger partial charge in [-0.1, -0.05) is 18.2 Å². The Bertz CT molecular complexity index is 744. The predicted octanol–water partition coefficient (Wildman–Crippen LogP) is 4.46. The summed E-state index contributed by atoms with van der Waals surface area (Å²) in [6, 6.07) is 9.28. The lowest BCUT2D eigenvalue weighted by Crippen LogP contribution is -2.01. The summed E-state index contributed by atoms with van der Waals surface area (Å²) in [5.41, 5.74) is 1.76. The molecule has 0 aliphatic rings. The molecule has 0 amide bonds. The van der Waals surface area contributed by atoms with E-state index < -0.39 is 17.5 Å². The molecule has 0 aliphatic heterocycles. The summed E-state index contributed by atoms with van der Waals surface area (Å²) in [5, 5.41) is 3.76. The molecule has 3 rings (SSSR count). The van der Waals surface area contributed by atoms with Gasteiger partial charge < -0.3 is 9.73 Å². The van der Waals surface area contributed by atoms with E-state index in [0.717, 1.165) is 28.7 Å². The Morgan fingerprint density at radius 2 is 1.70 bits per heavy atom. The smallest absolute Gasteiger partial charge is 0.194 e. The topological polar surface area (TPSA) is 25.2 Å². The molecule has 0 spiro atoms. The van der Waals surface area contributed by atoms with E-state index in [1.807, 2.05) is 24.3 Å². The SMILES string of the molecule is Fc1cc(NCc2coc3ccccc23)cc(F)c1F. The third-order valence-electron chi connectivity index (χ3n) is 3.03. The third-order valence-corrected chi connectivity index (χ3v) is 3.03. The van der Waals surface area contributed by atoms with Crippen LogP contribution >= 0.6 is 0 Å². The van der Waals surface area contributed by atoms with E-state index in [-0.39, 0.29) is 5.69 Å². The highest BCUT2D eigenvalue weighted by atomic mass is 19.2. The Balaban J connectivity index is 1.83. The first-order valence-electron chi connectivity index (χ1n) is 5.98. The van der Waals surface area contributed by atoms with Gasteiger partial charge in [-0.05, 0) is 6.07 Å². The van der Waals surface area contributed by atoms with Gasteiger partial charge in [-0.25, -0.2) is 13.2 Å². The monoisotopic (exact) mass is 277 g/mol. The standard InChI is InChI=1S/C15H10F3NO/c16-12-5-10(6-13(17)15(12)18)19-7-9-8-20-14-4-2-1-3-11(9)14/h1-6,8,19H,7H2. The maximum atomic E-state index is 13.1. The molecule has 1 N–H and O–H groups in total.